The van der Waals surface area contributed by atoms with Crippen molar-refractivity contribution in [3.8, 4) is 0 Å². The van der Waals surface area contributed by atoms with Crippen LogP contribution in [-0.2, 0) is 13.9 Å². The zero-order valence-electron chi connectivity index (χ0n) is 14.8. The highest BCUT2D eigenvalue weighted by atomic mass is 28.2. The van der Waals surface area contributed by atoms with Crippen LogP contribution in [0.25, 0.3) is 0 Å². The van der Waals surface area contributed by atoms with Gasteiger partial charge < -0.3 is 24.5 Å². The maximum Gasteiger partial charge on any atom is 0.319 e. The quantitative estimate of drug-likeness (QED) is 0.145. The summed E-state index contributed by atoms with van der Waals surface area (Å²) >= 11 is 0. The number of anilines is 1. The van der Waals surface area contributed by atoms with E-state index in [4.69, 9.17) is 13.9 Å². The van der Waals surface area contributed by atoms with Crippen LogP contribution in [0.5, 0.6) is 0 Å². The standard InChI is InChI=1S/C15H21F5N2O4Si/c1-3-24-15(25-4-2)26-27-7-5-6-21-14(23)22-13-11(19)9(17)8(16)10(18)12(13)20/h15H,3-7,27H2,1-2H3,(H2,21,22,23). The highest BCUT2D eigenvalue weighted by Crippen LogP contribution is 2.26. The van der Waals surface area contributed by atoms with Crippen LogP contribution in [0.4, 0.5) is 32.4 Å². The fourth-order valence-corrected chi connectivity index (χ4v) is 2.90. The molecule has 0 unspecified atom stereocenters. The van der Waals surface area contributed by atoms with E-state index < -0.39 is 57.0 Å². The van der Waals surface area contributed by atoms with Gasteiger partial charge in [-0.25, -0.2) is 26.7 Å². The van der Waals surface area contributed by atoms with Gasteiger partial charge in [-0.3, -0.25) is 0 Å². The molecule has 0 spiro atoms. The molecule has 6 nitrogen and oxygen atoms in total. The lowest BCUT2D eigenvalue weighted by atomic mass is 10.2. The second-order valence-electron chi connectivity index (χ2n) is 5.10. The summed E-state index contributed by atoms with van der Waals surface area (Å²) in [7, 11) is -0.989. The molecule has 0 aliphatic heterocycles. The first-order valence-electron chi connectivity index (χ1n) is 8.24. The number of benzene rings is 1. The minimum Gasteiger partial charge on any atom is -0.379 e. The summed E-state index contributed by atoms with van der Waals surface area (Å²) in [6.07, 6.45) is 0.488. The van der Waals surface area contributed by atoms with E-state index in [1.807, 2.05) is 0 Å². The van der Waals surface area contributed by atoms with Crippen LogP contribution >= 0.6 is 0 Å². The molecule has 1 aromatic rings. The smallest absolute Gasteiger partial charge is 0.319 e. The zero-order valence-corrected chi connectivity index (χ0v) is 16.3. The van der Waals surface area contributed by atoms with Gasteiger partial charge in [0, 0.05) is 19.8 Å². The lowest BCUT2D eigenvalue weighted by molar-refractivity contribution is -0.243. The Morgan fingerprint density at radius 2 is 1.48 bits per heavy atom. The van der Waals surface area contributed by atoms with Crippen LogP contribution in [0.3, 0.4) is 0 Å². The number of carbonyl (C=O) groups is 1. The topological polar surface area (TPSA) is 68.8 Å². The second kappa shape index (κ2) is 11.8. The number of urea groups is 1. The molecular formula is C15H21F5N2O4Si. The Balaban J connectivity index is 2.39. The van der Waals surface area contributed by atoms with Crippen LogP contribution in [0.1, 0.15) is 20.3 Å². The average Bonchev–Trinajstić information content (AvgIpc) is 2.65. The molecule has 0 saturated heterocycles. The van der Waals surface area contributed by atoms with Crippen molar-refractivity contribution in [3.63, 3.8) is 0 Å². The van der Waals surface area contributed by atoms with E-state index in [1.165, 1.54) is 0 Å². The van der Waals surface area contributed by atoms with Crippen molar-refractivity contribution >= 4 is 21.5 Å². The highest BCUT2D eigenvalue weighted by Gasteiger charge is 2.26. The SMILES string of the molecule is CCOC(OCC)O[SiH2]CCCNC(=O)Nc1c(F)c(F)c(F)c(F)c1F. The predicted octanol–water partition coefficient (Wildman–Crippen LogP) is 2.77. The van der Waals surface area contributed by atoms with Crippen molar-refractivity contribution in [2.75, 3.05) is 25.1 Å². The number of ether oxygens (including phenoxy) is 2. The maximum atomic E-state index is 13.5. The predicted molar refractivity (Wildman–Crippen MR) is 89.3 cm³/mol. The highest BCUT2D eigenvalue weighted by molar-refractivity contribution is 6.27. The molecule has 0 bridgehead atoms. The zero-order chi connectivity index (χ0) is 20.4. The van der Waals surface area contributed by atoms with Crippen LogP contribution in [0.2, 0.25) is 6.04 Å². The number of rotatable bonds is 11. The van der Waals surface area contributed by atoms with Gasteiger partial charge in [0.15, 0.2) is 33.0 Å². The Morgan fingerprint density at radius 3 is 2.00 bits per heavy atom. The lowest BCUT2D eigenvalue weighted by Gasteiger charge is -2.17. The largest absolute Gasteiger partial charge is 0.379 e. The minimum absolute atomic E-state index is 0.117. The molecule has 0 aliphatic rings. The van der Waals surface area contributed by atoms with E-state index in [2.05, 4.69) is 5.32 Å². The van der Waals surface area contributed by atoms with Crippen LogP contribution in [0, 0.1) is 29.1 Å². The molecule has 2 N–H and O–H groups in total. The van der Waals surface area contributed by atoms with Crippen molar-refractivity contribution in [1.29, 1.82) is 0 Å². The van der Waals surface area contributed by atoms with Gasteiger partial charge in [-0.05, 0) is 26.3 Å². The number of carbonyl (C=O) groups excluding carboxylic acids is 1. The summed E-state index contributed by atoms with van der Waals surface area (Å²) in [6, 6.07) is -0.457. The Kier molecular flexibility index (Phi) is 10.2. The molecular weight excluding hydrogens is 395 g/mol. The van der Waals surface area contributed by atoms with E-state index in [1.54, 1.807) is 19.2 Å². The Labute approximate surface area is 155 Å². The monoisotopic (exact) mass is 416 g/mol. The molecule has 0 atom stereocenters. The Hall–Kier alpha value is -1.76. The van der Waals surface area contributed by atoms with Gasteiger partial charge in [0.2, 0.25) is 5.82 Å². The van der Waals surface area contributed by atoms with Gasteiger partial charge in [0.05, 0.1) is 0 Å². The maximum absolute atomic E-state index is 13.5. The van der Waals surface area contributed by atoms with E-state index in [9.17, 15) is 26.7 Å². The Morgan fingerprint density at radius 1 is 0.963 bits per heavy atom. The van der Waals surface area contributed by atoms with E-state index in [-0.39, 0.29) is 6.54 Å². The van der Waals surface area contributed by atoms with Crippen molar-refractivity contribution in [3.05, 3.63) is 29.1 Å². The third-order valence-electron chi connectivity index (χ3n) is 3.16. The third kappa shape index (κ3) is 7.05. The summed E-state index contributed by atoms with van der Waals surface area (Å²) in [5, 5.41) is 3.88. The van der Waals surface area contributed by atoms with E-state index in [0.29, 0.717) is 25.7 Å². The van der Waals surface area contributed by atoms with Gasteiger partial charge in [0.25, 0.3) is 6.48 Å². The molecule has 1 aromatic carbocycles. The minimum atomic E-state index is -2.29. The number of hydrogen-bond donors (Lipinski definition) is 2. The summed E-state index contributed by atoms with van der Waals surface area (Å²) in [4.78, 5) is 11.6. The first-order chi connectivity index (χ1) is 12.8. The molecule has 0 radical (unpaired) electrons. The van der Waals surface area contributed by atoms with Gasteiger partial charge in [0.1, 0.15) is 5.69 Å². The van der Waals surface area contributed by atoms with E-state index >= 15 is 0 Å². The molecule has 154 valence electrons. The van der Waals surface area contributed by atoms with Crippen LogP contribution < -0.4 is 10.6 Å². The summed E-state index contributed by atoms with van der Waals surface area (Å²) in [6.45, 7) is 3.84. The average molecular weight is 416 g/mol. The van der Waals surface area contributed by atoms with Crippen molar-refractivity contribution in [2.45, 2.75) is 32.8 Å². The molecule has 1 rings (SSSR count). The molecule has 27 heavy (non-hydrogen) atoms. The van der Waals surface area contributed by atoms with Crippen molar-refractivity contribution < 1.29 is 40.6 Å². The van der Waals surface area contributed by atoms with Gasteiger partial charge in [-0.1, -0.05) is 0 Å². The van der Waals surface area contributed by atoms with Gasteiger partial charge in [-0.2, -0.15) is 0 Å². The molecule has 0 heterocycles. The first-order valence-corrected chi connectivity index (χ1v) is 9.82. The lowest BCUT2D eigenvalue weighted by Crippen LogP contribution is -2.31. The number of amides is 2. The normalized spacial score (nSPS) is 11.6. The summed E-state index contributed by atoms with van der Waals surface area (Å²) in [5.74, 6) is -10.8. The van der Waals surface area contributed by atoms with Gasteiger partial charge >= 0.3 is 6.03 Å². The first kappa shape index (κ1) is 23.3. The molecule has 2 amide bonds. The second-order valence-corrected chi connectivity index (χ2v) is 6.55. The molecule has 12 heteroatoms. The van der Waals surface area contributed by atoms with Crippen LogP contribution in [0.15, 0.2) is 0 Å². The number of hydrogen-bond acceptors (Lipinski definition) is 4. The molecule has 0 fully saturated rings. The third-order valence-corrected chi connectivity index (χ3v) is 4.46. The fourth-order valence-electron chi connectivity index (χ4n) is 1.90. The molecule has 0 saturated carbocycles. The summed E-state index contributed by atoms with van der Waals surface area (Å²) in [5.41, 5.74) is -1.40. The van der Waals surface area contributed by atoms with Crippen molar-refractivity contribution in [1.82, 2.24) is 5.32 Å². The van der Waals surface area contributed by atoms with Crippen molar-refractivity contribution in [2.24, 2.45) is 0 Å². The molecule has 0 aromatic heterocycles. The Bertz CT molecular complexity index is 604. The summed E-state index contributed by atoms with van der Waals surface area (Å²) < 4.78 is 81.8. The molecule has 0 aliphatic carbocycles. The fraction of sp³-hybridized carbons (Fsp3) is 0.533. The van der Waals surface area contributed by atoms with Crippen LogP contribution in [-0.4, -0.2) is 42.0 Å². The number of halogens is 5. The van der Waals surface area contributed by atoms with E-state index in [0.717, 1.165) is 0 Å². The van der Waals surface area contributed by atoms with Gasteiger partial charge in [-0.15, -0.1) is 0 Å². The number of nitrogens with one attached hydrogen (secondary N) is 2.